The van der Waals surface area contributed by atoms with Gasteiger partial charge in [-0.05, 0) is 12.1 Å². The van der Waals surface area contributed by atoms with E-state index < -0.39 is 12.1 Å². The van der Waals surface area contributed by atoms with Crippen molar-refractivity contribution in [2.24, 2.45) is 5.73 Å². The Balaban J connectivity index is 2.28. The zero-order valence-electron chi connectivity index (χ0n) is 10.8. The molecular formula is C12H15N3O4. The van der Waals surface area contributed by atoms with Crippen molar-refractivity contribution in [2.45, 2.75) is 0 Å². The second kappa shape index (κ2) is 5.05. The van der Waals surface area contributed by atoms with E-state index in [4.69, 9.17) is 15.2 Å². The van der Waals surface area contributed by atoms with Crippen LogP contribution in [0.25, 0.3) is 0 Å². The van der Waals surface area contributed by atoms with E-state index in [1.54, 1.807) is 18.2 Å². The van der Waals surface area contributed by atoms with Crippen LogP contribution in [0, 0.1) is 0 Å². The number of nitrogens with zero attached hydrogens (tertiary/aromatic N) is 2. The van der Waals surface area contributed by atoms with Crippen LogP contribution in [0.2, 0.25) is 0 Å². The zero-order valence-corrected chi connectivity index (χ0v) is 10.8. The van der Waals surface area contributed by atoms with E-state index in [0.717, 1.165) is 4.90 Å². The number of hydrogen-bond donors (Lipinski definition) is 1. The van der Waals surface area contributed by atoms with E-state index >= 15 is 0 Å². The number of ether oxygens (including phenoxy) is 2. The van der Waals surface area contributed by atoms with Crippen molar-refractivity contribution in [1.29, 1.82) is 0 Å². The van der Waals surface area contributed by atoms with Gasteiger partial charge in [0.2, 0.25) is 0 Å². The molecule has 2 N–H and O–H groups in total. The number of carbonyl (C=O) groups excluding carboxylic acids is 2. The molecule has 1 aromatic carbocycles. The van der Waals surface area contributed by atoms with Crippen LogP contribution in [0.5, 0.6) is 11.5 Å². The second-order valence-corrected chi connectivity index (χ2v) is 3.96. The summed E-state index contributed by atoms with van der Waals surface area (Å²) >= 11 is 0. The molecule has 1 heterocycles. The van der Waals surface area contributed by atoms with Gasteiger partial charge in [-0.3, -0.25) is 4.90 Å². The average Bonchev–Trinajstić information content (AvgIpc) is 2.80. The molecule has 7 heteroatoms. The van der Waals surface area contributed by atoms with Gasteiger partial charge in [0.15, 0.2) is 11.5 Å². The molecule has 2 rings (SSSR count). The lowest BCUT2D eigenvalue weighted by atomic mass is 10.2. The Kier molecular flexibility index (Phi) is 3.46. The van der Waals surface area contributed by atoms with Gasteiger partial charge in [-0.15, -0.1) is 0 Å². The average molecular weight is 265 g/mol. The van der Waals surface area contributed by atoms with Gasteiger partial charge in [-0.2, -0.15) is 0 Å². The van der Waals surface area contributed by atoms with Crippen molar-refractivity contribution >= 4 is 17.7 Å². The number of urea groups is 2. The molecule has 19 heavy (non-hydrogen) atoms. The predicted molar refractivity (Wildman–Crippen MR) is 68.6 cm³/mol. The minimum absolute atomic E-state index is 0.280. The van der Waals surface area contributed by atoms with Crippen LogP contribution < -0.4 is 20.1 Å². The molecule has 0 unspecified atom stereocenters. The molecule has 0 bridgehead atoms. The summed E-state index contributed by atoms with van der Waals surface area (Å²) < 4.78 is 10.3. The Morgan fingerprint density at radius 1 is 1.21 bits per heavy atom. The summed E-state index contributed by atoms with van der Waals surface area (Å²) in [6, 6.07) is 3.94. The maximum absolute atomic E-state index is 12.0. The topological polar surface area (TPSA) is 85.1 Å². The van der Waals surface area contributed by atoms with Crippen molar-refractivity contribution in [3.05, 3.63) is 18.2 Å². The van der Waals surface area contributed by atoms with Gasteiger partial charge in [0.1, 0.15) is 0 Å². The number of hydrogen-bond acceptors (Lipinski definition) is 4. The number of nitrogens with two attached hydrogens (primary N) is 1. The highest BCUT2D eigenvalue weighted by Crippen LogP contribution is 2.32. The summed E-state index contributed by atoms with van der Waals surface area (Å²) in [5.41, 5.74) is 5.76. The first kappa shape index (κ1) is 13.0. The van der Waals surface area contributed by atoms with E-state index in [1.807, 2.05) is 0 Å². The molecule has 1 aliphatic rings. The van der Waals surface area contributed by atoms with Crippen LogP contribution >= 0.6 is 0 Å². The minimum Gasteiger partial charge on any atom is -0.493 e. The number of anilines is 1. The molecule has 7 nitrogen and oxygen atoms in total. The van der Waals surface area contributed by atoms with E-state index in [2.05, 4.69) is 0 Å². The normalized spacial score (nSPS) is 14.7. The van der Waals surface area contributed by atoms with Crippen molar-refractivity contribution in [3.63, 3.8) is 0 Å². The number of primary amides is 1. The highest BCUT2D eigenvalue weighted by molar-refractivity contribution is 6.03. The molecular weight excluding hydrogens is 250 g/mol. The number of rotatable bonds is 3. The summed E-state index contributed by atoms with van der Waals surface area (Å²) in [4.78, 5) is 25.5. The van der Waals surface area contributed by atoms with E-state index in [0.29, 0.717) is 23.7 Å². The number of amides is 4. The quantitative estimate of drug-likeness (QED) is 0.884. The second-order valence-electron chi connectivity index (χ2n) is 3.96. The molecule has 1 fully saturated rings. The van der Waals surface area contributed by atoms with E-state index in [9.17, 15) is 9.59 Å². The smallest absolute Gasteiger partial charge is 0.332 e. The summed E-state index contributed by atoms with van der Waals surface area (Å²) in [6.45, 7) is 0.680. The SMILES string of the molecule is COc1ccc(N2CCN(C(N)=O)C2=O)cc1OC. The first-order valence-electron chi connectivity index (χ1n) is 5.69. The Bertz CT molecular complexity index is 518. The molecule has 0 aromatic heterocycles. The number of methoxy groups -OCH3 is 2. The molecule has 1 saturated heterocycles. The van der Waals surface area contributed by atoms with Gasteiger partial charge < -0.3 is 15.2 Å². The van der Waals surface area contributed by atoms with Crippen LogP contribution in [-0.4, -0.2) is 44.3 Å². The number of carbonyl (C=O) groups is 2. The fourth-order valence-electron chi connectivity index (χ4n) is 1.97. The lowest BCUT2D eigenvalue weighted by Crippen LogP contribution is -2.39. The monoisotopic (exact) mass is 265 g/mol. The van der Waals surface area contributed by atoms with Crippen LogP contribution in [0.1, 0.15) is 0 Å². The van der Waals surface area contributed by atoms with Crippen molar-refractivity contribution in [1.82, 2.24) is 4.90 Å². The van der Waals surface area contributed by atoms with Crippen LogP contribution in [-0.2, 0) is 0 Å². The third-order valence-electron chi connectivity index (χ3n) is 2.95. The first-order chi connectivity index (χ1) is 9.08. The molecule has 0 atom stereocenters. The Morgan fingerprint density at radius 3 is 2.42 bits per heavy atom. The summed E-state index contributed by atoms with van der Waals surface area (Å²) in [5, 5.41) is 0. The summed E-state index contributed by atoms with van der Waals surface area (Å²) in [7, 11) is 3.05. The van der Waals surface area contributed by atoms with Crippen LogP contribution in [0.3, 0.4) is 0 Å². The fourth-order valence-corrected chi connectivity index (χ4v) is 1.97. The van der Waals surface area contributed by atoms with E-state index in [-0.39, 0.29) is 6.54 Å². The molecule has 102 valence electrons. The first-order valence-corrected chi connectivity index (χ1v) is 5.69. The zero-order chi connectivity index (χ0) is 14.0. The predicted octanol–water partition coefficient (Wildman–Crippen LogP) is 1.02. The van der Waals surface area contributed by atoms with Gasteiger partial charge in [-0.25, -0.2) is 14.5 Å². The standard InChI is InChI=1S/C12H15N3O4/c1-18-9-4-3-8(7-10(9)19-2)14-5-6-15(11(13)16)12(14)17/h3-4,7H,5-6H2,1-2H3,(H2,13,16). The fraction of sp³-hybridized carbons (Fsp3) is 0.333. The highest BCUT2D eigenvalue weighted by Gasteiger charge is 2.33. The van der Waals surface area contributed by atoms with Crippen LogP contribution in [0.15, 0.2) is 18.2 Å². The Labute approximate surface area is 110 Å². The van der Waals surface area contributed by atoms with Crippen LogP contribution in [0.4, 0.5) is 15.3 Å². The number of imide groups is 1. The van der Waals surface area contributed by atoms with E-state index in [1.165, 1.54) is 19.1 Å². The van der Waals surface area contributed by atoms with Gasteiger partial charge in [0, 0.05) is 18.3 Å². The molecule has 0 radical (unpaired) electrons. The summed E-state index contributed by atoms with van der Waals surface area (Å²) in [5.74, 6) is 1.09. The molecule has 0 saturated carbocycles. The Morgan fingerprint density at radius 2 is 1.89 bits per heavy atom. The lowest BCUT2D eigenvalue weighted by molar-refractivity contribution is 0.206. The largest absolute Gasteiger partial charge is 0.493 e. The van der Waals surface area contributed by atoms with Gasteiger partial charge >= 0.3 is 12.1 Å². The van der Waals surface area contributed by atoms with Gasteiger partial charge in [-0.1, -0.05) is 0 Å². The maximum atomic E-state index is 12.0. The third kappa shape index (κ3) is 2.26. The number of benzene rings is 1. The minimum atomic E-state index is -0.743. The van der Waals surface area contributed by atoms with Crippen molar-refractivity contribution < 1.29 is 19.1 Å². The molecule has 1 aromatic rings. The highest BCUT2D eigenvalue weighted by atomic mass is 16.5. The third-order valence-corrected chi connectivity index (χ3v) is 2.95. The Hall–Kier alpha value is -2.44. The molecule has 0 spiro atoms. The van der Waals surface area contributed by atoms with Gasteiger partial charge in [0.25, 0.3) is 0 Å². The van der Waals surface area contributed by atoms with Gasteiger partial charge in [0.05, 0.1) is 20.8 Å². The molecule has 1 aliphatic heterocycles. The lowest BCUT2D eigenvalue weighted by Gasteiger charge is -2.18. The summed E-state index contributed by atoms with van der Waals surface area (Å²) in [6.07, 6.45) is 0. The maximum Gasteiger partial charge on any atom is 0.332 e. The molecule has 0 aliphatic carbocycles. The molecule has 4 amide bonds. The van der Waals surface area contributed by atoms with Crippen molar-refractivity contribution in [3.8, 4) is 11.5 Å². The van der Waals surface area contributed by atoms with Crippen molar-refractivity contribution in [2.75, 3.05) is 32.2 Å².